The molecule has 2 aliphatic heterocycles. The van der Waals surface area contributed by atoms with Crippen molar-refractivity contribution < 1.29 is 9.59 Å². The van der Waals surface area contributed by atoms with Crippen LogP contribution in [0.1, 0.15) is 57.9 Å². The van der Waals surface area contributed by atoms with E-state index in [1.165, 1.54) is 25.7 Å². The molecule has 2 fully saturated rings. The standard InChI is InChI=1S/C23H32N2O2/c1-16(2)17-7-9-19(10-8-17)24-13-11-20(12-14-24)25-21-6-4-3-5-18(21)15-22(26)23(25)27/h3-6,16-17,19-20H,7-15H2,1-2H3. The van der Waals surface area contributed by atoms with Gasteiger partial charge in [-0.3, -0.25) is 9.59 Å². The van der Waals surface area contributed by atoms with E-state index in [0.717, 1.165) is 49.0 Å². The van der Waals surface area contributed by atoms with Gasteiger partial charge in [0.05, 0.1) is 0 Å². The van der Waals surface area contributed by atoms with Gasteiger partial charge < -0.3 is 9.80 Å². The zero-order valence-corrected chi connectivity index (χ0v) is 16.7. The third-order valence-electron chi connectivity index (χ3n) is 7.12. The molecule has 4 rings (SSSR count). The van der Waals surface area contributed by atoms with Crippen molar-refractivity contribution in [1.29, 1.82) is 0 Å². The molecule has 1 saturated carbocycles. The van der Waals surface area contributed by atoms with Crippen molar-refractivity contribution in [2.75, 3.05) is 18.0 Å². The minimum absolute atomic E-state index is 0.158. The molecule has 1 amide bonds. The summed E-state index contributed by atoms with van der Waals surface area (Å²) in [6.45, 7) is 6.79. The van der Waals surface area contributed by atoms with E-state index in [-0.39, 0.29) is 24.2 Å². The zero-order valence-electron chi connectivity index (χ0n) is 16.7. The number of ketones is 1. The number of carbonyl (C=O) groups excluding carboxylic acids is 2. The van der Waals surface area contributed by atoms with E-state index in [1.54, 1.807) is 0 Å². The summed E-state index contributed by atoms with van der Waals surface area (Å²) in [6.07, 6.45) is 7.54. The summed E-state index contributed by atoms with van der Waals surface area (Å²) < 4.78 is 0. The maximum absolute atomic E-state index is 12.6. The number of nitrogens with zero attached hydrogens (tertiary/aromatic N) is 2. The van der Waals surface area contributed by atoms with Crippen LogP contribution in [0.4, 0.5) is 5.69 Å². The number of amides is 1. The predicted molar refractivity (Wildman–Crippen MR) is 108 cm³/mol. The first-order chi connectivity index (χ1) is 13.0. The van der Waals surface area contributed by atoms with Crippen molar-refractivity contribution >= 4 is 17.4 Å². The molecule has 2 heterocycles. The Labute approximate surface area is 162 Å². The Morgan fingerprint density at radius 1 is 0.889 bits per heavy atom. The number of rotatable bonds is 3. The van der Waals surface area contributed by atoms with Crippen LogP contribution < -0.4 is 4.90 Å². The molecule has 0 bridgehead atoms. The van der Waals surface area contributed by atoms with Crippen LogP contribution in [-0.4, -0.2) is 41.8 Å². The summed E-state index contributed by atoms with van der Waals surface area (Å²) in [5, 5.41) is 0. The molecule has 4 nitrogen and oxygen atoms in total. The Bertz CT molecular complexity index is 698. The van der Waals surface area contributed by atoms with Crippen molar-refractivity contribution in [3.63, 3.8) is 0 Å². The Hall–Kier alpha value is -1.68. The molecule has 1 saturated heterocycles. The summed E-state index contributed by atoms with van der Waals surface area (Å²) in [5.41, 5.74) is 1.95. The summed E-state index contributed by atoms with van der Waals surface area (Å²) >= 11 is 0. The highest BCUT2D eigenvalue weighted by Gasteiger charge is 2.38. The lowest BCUT2D eigenvalue weighted by Crippen LogP contribution is -2.53. The van der Waals surface area contributed by atoms with Crippen LogP contribution in [0, 0.1) is 11.8 Å². The maximum atomic E-state index is 12.6. The van der Waals surface area contributed by atoms with Crippen molar-refractivity contribution in [3.05, 3.63) is 29.8 Å². The molecule has 0 spiro atoms. The first-order valence-electron chi connectivity index (χ1n) is 10.7. The minimum atomic E-state index is -0.301. The number of fused-ring (bicyclic) bond motifs is 1. The fraction of sp³-hybridized carbons (Fsp3) is 0.652. The van der Waals surface area contributed by atoms with Crippen LogP contribution in [0.15, 0.2) is 24.3 Å². The molecule has 0 unspecified atom stereocenters. The monoisotopic (exact) mass is 368 g/mol. The van der Waals surface area contributed by atoms with Crippen molar-refractivity contribution in [3.8, 4) is 0 Å². The summed E-state index contributed by atoms with van der Waals surface area (Å²) in [5.74, 6) is 1.14. The SMILES string of the molecule is CC(C)C1CCC(N2CCC(N3C(=O)C(=O)Cc4ccccc43)CC2)CC1. The van der Waals surface area contributed by atoms with Crippen LogP contribution in [0.5, 0.6) is 0 Å². The largest absolute Gasteiger partial charge is 0.302 e. The first kappa shape index (κ1) is 18.7. The second kappa shape index (κ2) is 7.75. The Balaban J connectivity index is 1.40. The molecule has 1 aromatic carbocycles. The molecule has 0 atom stereocenters. The maximum Gasteiger partial charge on any atom is 0.294 e. The van der Waals surface area contributed by atoms with Gasteiger partial charge in [0.2, 0.25) is 5.78 Å². The van der Waals surface area contributed by atoms with Gasteiger partial charge in [-0.15, -0.1) is 0 Å². The smallest absolute Gasteiger partial charge is 0.294 e. The fourth-order valence-electron chi connectivity index (χ4n) is 5.39. The van der Waals surface area contributed by atoms with Crippen LogP contribution >= 0.6 is 0 Å². The predicted octanol–water partition coefficient (Wildman–Crippen LogP) is 3.82. The van der Waals surface area contributed by atoms with E-state index < -0.39 is 0 Å². The van der Waals surface area contributed by atoms with Gasteiger partial charge in [0.1, 0.15) is 0 Å². The van der Waals surface area contributed by atoms with Crippen molar-refractivity contribution in [2.24, 2.45) is 11.8 Å². The lowest BCUT2D eigenvalue weighted by atomic mass is 9.79. The Morgan fingerprint density at radius 2 is 1.56 bits per heavy atom. The van der Waals surface area contributed by atoms with Crippen LogP contribution in [-0.2, 0) is 16.0 Å². The van der Waals surface area contributed by atoms with Gasteiger partial charge in [-0.25, -0.2) is 0 Å². The molecule has 1 aromatic rings. The quantitative estimate of drug-likeness (QED) is 0.762. The topological polar surface area (TPSA) is 40.6 Å². The molecule has 146 valence electrons. The number of anilines is 1. The number of likely N-dealkylation sites (tertiary alicyclic amines) is 1. The number of hydrogen-bond donors (Lipinski definition) is 0. The van der Waals surface area contributed by atoms with Crippen LogP contribution in [0.25, 0.3) is 0 Å². The summed E-state index contributed by atoms with van der Waals surface area (Å²) in [7, 11) is 0. The van der Waals surface area contributed by atoms with Gasteiger partial charge in [-0.2, -0.15) is 0 Å². The Morgan fingerprint density at radius 3 is 2.22 bits per heavy atom. The molecular weight excluding hydrogens is 336 g/mol. The molecule has 1 aliphatic carbocycles. The number of benzene rings is 1. The van der Waals surface area contributed by atoms with Crippen LogP contribution in [0.3, 0.4) is 0 Å². The van der Waals surface area contributed by atoms with Gasteiger partial charge in [0, 0.05) is 37.3 Å². The average Bonchev–Trinajstić information content (AvgIpc) is 2.69. The lowest BCUT2D eigenvalue weighted by Gasteiger charge is -2.44. The van der Waals surface area contributed by atoms with Gasteiger partial charge in [0.25, 0.3) is 5.91 Å². The number of Topliss-reactive ketones (excluding diaryl/α,β-unsaturated/α-hetero) is 1. The van der Waals surface area contributed by atoms with Gasteiger partial charge in [0.15, 0.2) is 0 Å². The normalized spacial score (nSPS) is 27.9. The first-order valence-corrected chi connectivity index (χ1v) is 10.7. The molecule has 3 aliphatic rings. The third kappa shape index (κ3) is 3.69. The molecule has 0 N–H and O–H groups in total. The summed E-state index contributed by atoms with van der Waals surface area (Å²) in [4.78, 5) is 29.3. The molecule has 27 heavy (non-hydrogen) atoms. The van der Waals surface area contributed by atoms with E-state index in [1.807, 2.05) is 29.2 Å². The molecular formula is C23H32N2O2. The number of piperidine rings is 1. The third-order valence-corrected chi connectivity index (χ3v) is 7.12. The fourth-order valence-corrected chi connectivity index (χ4v) is 5.39. The average molecular weight is 369 g/mol. The van der Waals surface area contributed by atoms with E-state index in [2.05, 4.69) is 18.7 Å². The second-order valence-electron chi connectivity index (χ2n) is 8.98. The minimum Gasteiger partial charge on any atom is -0.302 e. The molecule has 0 aromatic heterocycles. The van der Waals surface area contributed by atoms with Gasteiger partial charge >= 0.3 is 0 Å². The Kier molecular flexibility index (Phi) is 5.36. The highest BCUT2D eigenvalue weighted by molar-refractivity contribution is 6.43. The molecule has 0 radical (unpaired) electrons. The highest BCUT2D eigenvalue weighted by Crippen LogP contribution is 2.35. The van der Waals surface area contributed by atoms with Crippen molar-refractivity contribution in [1.82, 2.24) is 4.90 Å². The molecule has 4 heteroatoms. The summed E-state index contributed by atoms with van der Waals surface area (Å²) in [6, 6.07) is 8.78. The van der Waals surface area contributed by atoms with E-state index in [0.29, 0.717) is 6.04 Å². The highest BCUT2D eigenvalue weighted by atomic mass is 16.2. The number of hydrogen-bond acceptors (Lipinski definition) is 3. The van der Waals surface area contributed by atoms with E-state index in [9.17, 15) is 9.59 Å². The second-order valence-corrected chi connectivity index (χ2v) is 8.98. The van der Waals surface area contributed by atoms with Crippen molar-refractivity contribution in [2.45, 2.75) is 70.9 Å². The van der Waals surface area contributed by atoms with E-state index in [4.69, 9.17) is 0 Å². The van der Waals surface area contributed by atoms with Crippen LogP contribution in [0.2, 0.25) is 0 Å². The van der Waals surface area contributed by atoms with E-state index >= 15 is 0 Å². The number of para-hydroxylation sites is 1. The zero-order chi connectivity index (χ0) is 19.0. The lowest BCUT2D eigenvalue weighted by molar-refractivity contribution is -0.136. The number of carbonyl (C=O) groups is 2. The van der Waals surface area contributed by atoms with Gasteiger partial charge in [-0.1, -0.05) is 32.0 Å². The van der Waals surface area contributed by atoms with Gasteiger partial charge in [-0.05, 0) is 62.0 Å².